The van der Waals surface area contributed by atoms with Gasteiger partial charge in [-0.25, -0.2) is 4.68 Å². The van der Waals surface area contributed by atoms with E-state index < -0.39 is 11.9 Å². The number of carbonyl (C=O) groups is 1. The summed E-state index contributed by atoms with van der Waals surface area (Å²) in [6, 6.07) is 6.59. The van der Waals surface area contributed by atoms with E-state index in [1.165, 1.54) is 4.68 Å². The average Bonchev–Trinajstić information content (AvgIpc) is 2.92. The molecular weight excluding hydrogens is 296 g/mol. The number of aromatic nitrogens is 4. The Bertz CT molecular complexity index is 631. The largest absolute Gasteiger partial charge is 0.485 e. The summed E-state index contributed by atoms with van der Waals surface area (Å²) in [5.74, 6) is -0.468. The van der Waals surface area contributed by atoms with Gasteiger partial charge in [-0.3, -0.25) is 4.79 Å². The number of rotatable bonds is 6. The van der Waals surface area contributed by atoms with Crippen molar-refractivity contribution >= 4 is 17.6 Å². The van der Waals surface area contributed by atoms with Gasteiger partial charge in [0, 0.05) is 5.02 Å². The first-order chi connectivity index (χ1) is 9.99. The summed E-state index contributed by atoms with van der Waals surface area (Å²) < 4.78 is 7.03. The van der Waals surface area contributed by atoms with E-state index in [-0.39, 0.29) is 12.6 Å². The number of aliphatic carboxylic acids is 1. The van der Waals surface area contributed by atoms with Crippen molar-refractivity contribution in [3.05, 3.63) is 35.1 Å². The van der Waals surface area contributed by atoms with Gasteiger partial charge < -0.3 is 9.84 Å². The molecule has 7 nitrogen and oxygen atoms in total. The maximum Gasteiger partial charge on any atom is 0.308 e. The second kappa shape index (κ2) is 6.53. The Morgan fingerprint density at radius 3 is 2.90 bits per heavy atom. The minimum absolute atomic E-state index is 0.129. The minimum atomic E-state index is -0.903. The standard InChI is InChI=1S/C13H15ClN4O3/c1-8(13(19)20)9(2)18-12(15-16-17-18)7-21-11-5-3-4-10(14)6-11/h3-6,8-9H,7H2,1-2H3,(H,19,20). The van der Waals surface area contributed by atoms with Crippen molar-refractivity contribution in [3.8, 4) is 5.75 Å². The van der Waals surface area contributed by atoms with Crippen molar-refractivity contribution < 1.29 is 14.6 Å². The van der Waals surface area contributed by atoms with Crippen molar-refractivity contribution in [2.75, 3.05) is 0 Å². The zero-order valence-corrected chi connectivity index (χ0v) is 12.4. The lowest BCUT2D eigenvalue weighted by Gasteiger charge is -2.17. The molecule has 0 bridgehead atoms. The van der Waals surface area contributed by atoms with Crippen LogP contribution in [0.2, 0.25) is 5.02 Å². The second-order valence-corrected chi connectivity index (χ2v) is 5.09. The number of nitrogens with zero attached hydrogens (tertiary/aromatic N) is 4. The third-order valence-corrected chi connectivity index (χ3v) is 3.46. The zero-order chi connectivity index (χ0) is 15.4. The summed E-state index contributed by atoms with van der Waals surface area (Å²) in [5.41, 5.74) is 0. The number of hydrogen-bond acceptors (Lipinski definition) is 5. The van der Waals surface area contributed by atoms with Crippen molar-refractivity contribution in [1.29, 1.82) is 0 Å². The molecule has 8 heteroatoms. The Kier molecular flexibility index (Phi) is 4.74. The molecule has 1 N–H and O–H groups in total. The monoisotopic (exact) mass is 310 g/mol. The molecule has 0 aliphatic carbocycles. The molecule has 1 aromatic carbocycles. The molecule has 2 rings (SSSR count). The highest BCUT2D eigenvalue weighted by Crippen LogP contribution is 2.20. The van der Waals surface area contributed by atoms with Crippen LogP contribution in [-0.4, -0.2) is 31.3 Å². The first-order valence-corrected chi connectivity index (χ1v) is 6.74. The van der Waals surface area contributed by atoms with Gasteiger partial charge in [-0.15, -0.1) is 5.10 Å². The predicted octanol–water partition coefficient (Wildman–Crippen LogP) is 2.19. The third-order valence-electron chi connectivity index (χ3n) is 3.22. The predicted molar refractivity (Wildman–Crippen MR) is 75.1 cm³/mol. The van der Waals surface area contributed by atoms with Crippen LogP contribution in [0.3, 0.4) is 0 Å². The molecule has 0 spiro atoms. The van der Waals surface area contributed by atoms with Crippen LogP contribution in [-0.2, 0) is 11.4 Å². The Morgan fingerprint density at radius 2 is 2.24 bits per heavy atom. The summed E-state index contributed by atoms with van der Waals surface area (Å²) in [7, 11) is 0. The summed E-state index contributed by atoms with van der Waals surface area (Å²) in [6.07, 6.45) is 0. The Balaban J connectivity index is 2.08. The van der Waals surface area contributed by atoms with Gasteiger partial charge in [-0.05, 0) is 42.5 Å². The van der Waals surface area contributed by atoms with Crippen LogP contribution in [0.25, 0.3) is 0 Å². The average molecular weight is 311 g/mol. The lowest BCUT2D eigenvalue weighted by Crippen LogP contribution is -2.24. The van der Waals surface area contributed by atoms with E-state index >= 15 is 0 Å². The molecule has 0 amide bonds. The van der Waals surface area contributed by atoms with E-state index in [1.807, 2.05) is 0 Å². The lowest BCUT2D eigenvalue weighted by molar-refractivity contribution is -0.142. The SMILES string of the molecule is CC(C(=O)O)C(C)n1nnnc1COc1cccc(Cl)c1. The molecule has 2 unspecified atom stereocenters. The Labute approximate surface area is 126 Å². The fraction of sp³-hybridized carbons (Fsp3) is 0.385. The van der Waals surface area contributed by atoms with Gasteiger partial charge >= 0.3 is 5.97 Å². The first-order valence-electron chi connectivity index (χ1n) is 6.37. The quantitative estimate of drug-likeness (QED) is 0.879. The van der Waals surface area contributed by atoms with Gasteiger partial charge in [0.15, 0.2) is 5.82 Å². The molecule has 2 aromatic rings. The Morgan fingerprint density at radius 1 is 1.48 bits per heavy atom. The molecule has 0 fully saturated rings. The molecule has 0 aliphatic rings. The number of tetrazole rings is 1. The van der Waals surface area contributed by atoms with Crippen LogP contribution in [0.4, 0.5) is 0 Å². The smallest absolute Gasteiger partial charge is 0.308 e. The summed E-state index contributed by atoms with van der Waals surface area (Å²) in [6.45, 7) is 3.48. The first kappa shape index (κ1) is 15.2. The van der Waals surface area contributed by atoms with E-state index in [9.17, 15) is 4.79 Å². The maximum atomic E-state index is 11.0. The van der Waals surface area contributed by atoms with E-state index in [0.717, 1.165) is 0 Å². The molecule has 2 atom stereocenters. The summed E-state index contributed by atoms with van der Waals surface area (Å²) >= 11 is 5.87. The topological polar surface area (TPSA) is 90.1 Å². The van der Waals surface area contributed by atoms with E-state index in [2.05, 4.69) is 15.5 Å². The van der Waals surface area contributed by atoms with E-state index in [0.29, 0.717) is 16.6 Å². The van der Waals surface area contributed by atoms with Crippen molar-refractivity contribution in [2.45, 2.75) is 26.5 Å². The Hall–Kier alpha value is -2.15. The third kappa shape index (κ3) is 3.69. The lowest BCUT2D eigenvalue weighted by atomic mass is 10.0. The highest BCUT2D eigenvalue weighted by molar-refractivity contribution is 6.30. The molecule has 1 heterocycles. The van der Waals surface area contributed by atoms with Crippen LogP contribution in [0.1, 0.15) is 25.7 Å². The zero-order valence-electron chi connectivity index (χ0n) is 11.6. The molecule has 0 saturated carbocycles. The normalized spacial score (nSPS) is 13.7. The van der Waals surface area contributed by atoms with Gasteiger partial charge in [0.2, 0.25) is 0 Å². The van der Waals surface area contributed by atoms with Crippen LogP contribution >= 0.6 is 11.6 Å². The molecule has 112 valence electrons. The minimum Gasteiger partial charge on any atom is -0.485 e. The number of halogens is 1. The van der Waals surface area contributed by atoms with E-state index in [4.69, 9.17) is 21.4 Å². The van der Waals surface area contributed by atoms with Gasteiger partial charge in [0.25, 0.3) is 0 Å². The van der Waals surface area contributed by atoms with Crippen LogP contribution in [0, 0.1) is 5.92 Å². The van der Waals surface area contributed by atoms with Crippen LogP contribution in [0.5, 0.6) is 5.75 Å². The fourth-order valence-corrected chi connectivity index (χ4v) is 1.93. The van der Waals surface area contributed by atoms with Gasteiger partial charge in [-0.2, -0.15) is 0 Å². The molecule has 1 aromatic heterocycles. The number of carboxylic acid groups (broad SMARTS) is 1. The summed E-state index contributed by atoms with van der Waals surface area (Å²) in [5, 5.41) is 20.9. The van der Waals surface area contributed by atoms with Crippen molar-refractivity contribution in [1.82, 2.24) is 20.2 Å². The molecule has 0 radical (unpaired) electrons. The van der Waals surface area contributed by atoms with Crippen molar-refractivity contribution in [3.63, 3.8) is 0 Å². The fourth-order valence-electron chi connectivity index (χ4n) is 1.75. The van der Waals surface area contributed by atoms with Crippen LogP contribution in [0.15, 0.2) is 24.3 Å². The molecule has 0 aliphatic heterocycles. The van der Waals surface area contributed by atoms with E-state index in [1.54, 1.807) is 38.1 Å². The number of carboxylic acids is 1. The molecule has 21 heavy (non-hydrogen) atoms. The maximum absolute atomic E-state index is 11.0. The molecule has 0 saturated heterocycles. The number of benzene rings is 1. The van der Waals surface area contributed by atoms with Crippen molar-refractivity contribution in [2.24, 2.45) is 5.92 Å². The van der Waals surface area contributed by atoms with Gasteiger partial charge in [0.1, 0.15) is 12.4 Å². The highest BCUT2D eigenvalue weighted by Gasteiger charge is 2.24. The number of ether oxygens (including phenoxy) is 1. The highest BCUT2D eigenvalue weighted by atomic mass is 35.5. The van der Waals surface area contributed by atoms with Gasteiger partial charge in [0.05, 0.1) is 12.0 Å². The second-order valence-electron chi connectivity index (χ2n) is 4.65. The molecular formula is C13H15ClN4O3. The van der Waals surface area contributed by atoms with Crippen LogP contribution < -0.4 is 4.74 Å². The number of hydrogen-bond donors (Lipinski definition) is 1. The summed E-state index contributed by atoms with van der Waals surface area (Å²) in [4.78, 5) is 11.0. The van der Waals surface area contributed by atoms with Gasteiger partial charge in [-0.1, -0.05) is 17.7 Å².